The Hall–Kier alpha value is -6.70. The molecule has 0 aliphatic carbocycles. The van der Waals surface area contributed by atoms with Crippen molar-refractivity contribution in [1.82, 2.24) is 0 Å². The number of anilines is 3. The van der Waals surface area contributed by atoms with Crippen molar-refractivity contribution in [3.8, 4) is 44.5 Å². The van der Waals surface area contributed by atoms with Crippen LogP contribution in [0.3, 0.4) is 0 Å². The maximum atomic E-state index is 2.37. The van der Waals surface area contributed by atoms with Crippen molar-refractivity contribution < 1.29 is 0 Å². The maximum Gasteiger partial charge on any atom is 0.0540 e. The predicted molar refractivity (Wildman–Crippen MR) is 218 cm³/mol. The predicted octanol–water partition coefficient (Wildman–Crippen LogP) is 14.1. The summed E-state index contributed by atoms with van der Waals surface area (Å²) in [6, 6.07) is 76.5. The second-order valence-corrected chi connectivity index (χ2v) is 12.9. The third kappa shape index (κ3) is 5.86. The summed E-state index contributed by atoms with van der Waals surface area (Å²) in [4.78, 5) is 2.37. The monoisotopic (exact) mass is 649 g/mol. The lowest BCUT2D eigenvalue weighted by molar-refractivity contribution is 1.28. The van der Waals surface area contributed by atoms with Gasteiger partial charge in [-0.1, -0.05) is 176 Å². The fourth-order valence-corrected chi connectivity index (χ4v) is 7.33. The van der Waals surface area contributed by atoms with Gasteiger partial charge in [-0.15, -0.1) is 0 Å². The molecule has 0 heterocycles. The minimum atomic E-state index is 1.11. The van der Waals surface area contributed by atoms with Crippen LogP contribution in [0.4, 0.5) is 17.1 Å². The van der Waals surface area contributed by atoms with Crippen molar-refractivity contribution in [1.29, 1.82) is 0 Å². The van der Waals surface area contributed by atoms with Gasteiger partial charge in [0.05, 0.1) is 5.69 Å². The van der Waals surface area contributed by atoms with Crippen LogP contribution < -0.4 is 4.90 Å². The van der Waals surface area contributed by atoms with Crippen LogP contribution in [-0.4, -0.2) is 0 Å². The Morgan fingerprint density at radius 2 is 0.667 bits per heavy atom. The lowest BCUT2D eigenvalue weighted by atomic mass is 9.92. The van der Waals surface area contributed by atoms with E-state index in [1.807, 2.05) is 0 Å². The van der Waals surface area contributed by atoms with Crippen LogP contribution in [0, 0.1) is 0 Å². The summed E-state index contributed by atoms with van der Waals surface area (Å²) in [6.07, 6.45) is 0. The smallest absolute Gasteiger partial charge is 0.0540 e. The second-order valence-electron chi connectivity index (χ2n) is 12.9. The molecule has 0 aliphatic rings. The molecule has 0 atom stereocenters. The zero-order valence-electron chi connectivity index (χ0n) is 28.2. The highest BCUT2D eigenvalue weighted by atomic mass is 15.1. The quantitative estimate of drug-likeness (QED) is 0.155. The number of hydrogen-bond acceptors (Lipinski definition) is 1. The number of para-hydroxylation sites is 1. The molecule has 9 rings (SSSR count). The molecule has 9 aromatic carbocycles. The lowest BCUT2D eigenvalue weighted by Crippen LogP contribution is -2.11. The van der Waals surface area contributed by atoms with Gasteiger partial charge in [0.25, 0.3) is 0 Å². The number of benzene rings is 9. The number of rotatable bonds is 7. The first-order valence-electron chi connectivity index (χ1n) is 17.5. The molecule has 0 aliphatic heterocycles. The summed E-state index contributed by atoms with van der Waals surface area (Å²) in [5, 5.41) is 5.12. The highest BCUT2D eigenvalue weighted by molar-refractivity contribution is 6.13. The first-order chi connectivity index (χ1) is 25.3. The van der Waals surface area contributed by atoms with Gasteiger partial charge in [-0.2, -0.15) is 0 Å². The van der Waals surface area contributed by atoms with Gasteiger partial charge in [-0.25, -0.2) is 0 Å². The molecule has 0 N–H and O–H groups in total. The first kappa shape index (κ1) is 30.4. The Morgan fingerprint density at radius 1 is 0.255 bits per heavy atom. The van der Waals surface area contributed by atoms with Crippen molar-refractivity contribution in [2.45, 2.75) is 0 Å². The van der Waals surface area contributed by atoms with Gasteiger partial charge in [-0.3, -0.25) is 0 Å². The van der Waals surface area contributed by atoms with E-state index in [4.69, 9.17) is 0 Å². The lowest BCUT2D eigenvalue weighted by Gasteiger charge is -2.28. The summed E-state index contributed by atoms with van der Waals surface area (Å²) < 4.78 is 0. The van der Waals surface area contributed by atoms with Gasteiger partial charge in [0.15, 0.2) is 0 Å². The Labute approximate surface area is 299 Å². The van der Waals surface area contributed by atoms with Crippen molar-refractivity contribution in [3.63, 3.8) is 0 Å². The molecule has 0 spiro atoms. The van der Waals surface area contributed by atoms with E-state index in [1.54, 1.807) is 0 Å². The molecular formula is C50H35N. The molecule has 1 heteroatoms. The van der Waals surface area contributed by atoms with Crippen molar-refractivity contribution >= 4 is 38.6 Å². The van der Waals surface area contributed by atoms with Crippen molar-refractivity contribution in [2.24, 2.45) is 0 Å². The minimum absolute atomic E-state index is 1.11. The first-order valence-corrected chi connectivity index (χ1v) is 17.5. The molecule has 0 amide bonds. The van der Waals surface area contributed by atoms with Crippen molar-refractivity contribution in [3.05, 3.63) is 212 Å². The van der Waals surface area contributed by atoms with E-state index in [-0.39, 0.29) is 0 Å². The molecule has 0 bridgehead atoms. The summed E-state index contributed by atoms with van der Waals surface area (Å²) in [5.74, 6) is 0. The Kier molecular flexibility index (Phi) is 7.92. The highest BCUT2D eigenvalue weighted by Gasteiger charge is 2.17. The topological polar surface area (TPSA) is 3.24 Å². The van der Waals surface area contributed by atoms with Gasteiger partial charge in [-0.05, 0) is 96.9 Å². The number of fused-ring (bicyclic) bond motifs is 3. The molecule has 0 radical (unpaired) electrons. The van der Waals surface area contributed by atoms with Gasteiger partial charge >= 0.3 is 0 Å². The van der Waals surface area contributed by atoms with Crippen LogP contribution in [0.5, 0.6) is 0 Å². The third-order valence-corrected chi connectivity index (χ3v) is 9.89. The van der Waals surface area contributed by atoms with E-state index in [9.17, 15) is 0 Å². The summed E-state index contributed by atoms with van der Waals surface area (Å²) in [7, 11) is 0. The van der Waals surface area contributed by atoms with Crippen LogP contribution in [0.1, 0.15) is 0 Å². The molecule has 51 heavy (non-hydrogen) atoms. The van der Waals surface area contributed by atoms with Gasteiger partial charge in [0.2, 0.25) is 0 Å². The Morgan fingerprint density at radius 3 is 1.29 bits per heavy atom. The molecule has 0 saturated carbocycles. The second kappa shape index (κ2) is 13.3. The van der Waals surface area contributed by atoms with Crippen LogP contribution >= 0.6 is 0 Å². The zero-order valence-corrected chi connectivity index (χ0v) is 28.2. The minimum Gasteiger partial charge on any atom is -0.310 e. The van der Waals surface area contributed by atoms with Crippen molar-refractivity contribution in [2.75, 3.05) is 4.90 Å². The molecular weight excluding hydrogens is 615 g/mol. The summed E-state index contributed by atoms with van der Waals surface area (Å²) in [5.41, 5.74) is 13.0. The Balaban J connectivity index is 1.09. The van der Waals surface area contributed by atoms with Crippen LogP contribution in [0.15, 0.2) is 212 Å². The largest absolute Gasteiger partial charge is 0.310 e. The van der Waals surface area contributed by atoms with E-state index in [2.05, 4.69) is 217 Å². The molecule has 0 fully saturated rings. The summed E-state index contributed by atoms with van der Waals surface area (Å²) >= 11 is 0. The average Bonchev–Trinajstić information content (AvgIpc) is 3.22. The van der Waals surface area contributed by atoms with E-state index >= 15 is 0 Å². The van der Waals surface area contributed by atoms with Crippen LogP contribution in [0.2, 0.25) is 0 Å². The molecule has 1 nitrogen and oxygen atoms in total. The SMILES string of the molecule is c1ccc(-c2ccc(N(c3ccc(-c4ccc(-c5cc6ccccc6c6ccccc56)cc4)cc3)c3ccccc3-c3ccccc3)cc2)cc1. The third-order valence-electron chi connectivity index (χ3n) is 9.89. The fourth-order valence-electron chi connectivity index (χ4n) is 7.33. The molecule has 240 valence electrons. The van der Waals surface area contributed by atoms with Gasteiger partial charge in [0, 0.05) is 16.9 Å². The standard InChI is InChI=1S/C50H35N/c1-3-13-36(14-4-1)38-27-31-43(32-28-38)51(50-22-12-11-19-46(50)40-15-5-2-6-16-40)44-33-29-39(30-34-44)37-23-25-41(26-24-37)49-35-42-17-7-8-18-45(42)47-20-9-10-21-48(47)49/h1-35H. The molecule has 0 unspecified atom stereocenters. The van der Waals surface area contributed by atoms with E-state index < -0.39 is 0 Å². The molecule has 9 aromatic rings. The highest BCUT2D eigenvalue weighted by Crippen LogP contribution is 2.42. The van der Waals surface area contributed by atoms with E-state index in [0.29, 0.717) is 0 Å². The van der Waals surface area contributed by atoms with E-state index in [1.165, 1.54) is 66.1 Å². The number of nitrogens with zero attached hydrogens (tertiary/aromatic N) is 1. The zero-order chi connectivity index (χ0) is 34.0. The van der Waals surface area contributed by atoms with Gasteiger partial charge in [0.1, 0.15) is 0 Å². The fraction of sp³-hybridized carbons (Fsp3) is 0. The van der Waals surface area contributed by atoms with Crippen LogP contribution in [0.25, 0.3) is 66.1 Å². The maximum absolute atomic E-state index is 2.37. The molecule has 0 aromatic heterocycles. The van der Waals surface area contributed by atoms with E-state index in [0.717, 1.165) is 17.1 Å². The normalized spacial score (nSPS) is 11.1. The average molecular weight is 650 g/mol. The number of hydrogen-bond donors (Lipinski definition) is 0. The van der Waals surface area contributed by atoms with Crippen LogP contribution in [-0.2, 0) is 0 Å². The summed E-state index contributed by atoms with van der Waals surface area (Å²) in [6.45, 7) is 0. The van der Waals surface area contributed by atoms with Gasteiger partial charge < -0.3 is 4.90 Å². The Bertz CT molecular complexity index is 2590. The molecule has 0 saturated heterocycles.